The third-order valence-corrected chi connectivity index (χ3v) is 2.84. The molecule has 0 amide bonds. The van der Waals surface area contributed by atoms with Crippen LogP contribution in [-0.4, -0.2) is 28.9 Å². The van der Waals surface area contributed by atoms with Gasteiger partial charge in [0.15, 0.2) is 0 Å². The third kappa shape index (κ3) is 2.72. The largest absolute Gasteiger partial charge is 0.380 e. The number of anilines is 1. The summed E-state index contributed by atoms with van der Waals surface area (Å²) >= 11 is 0. The molecule has 1 fully saturated rings. The quantitative estimate of drug-likeness (QED) is 0.793. The van der Waals surface area contributed by atoms with Crippen molar-refractivity contribution in [3.8, 4) is 0 Å². The van der Waals surface area contributed by atoms with E-state index in [2.05, 4.69) is 35.8 Å². The SMILES string of the molecule is CC(C)n1cc(NC2CCNCC2)cn1. The van der Waals surface area contributed by atoms with E-state index in [1.54, 1.807) is 0 Å². The Morgan fingerprint density at radius 1 is 1.47 bits per heavy atom. The number of hydrogen-bond donors (Lipinski definition) is 2. The van der Waals surface area contributed by atoms with E-state index in [-0.39, 0.29) is 0 Å². The summed E-state index contributed by atoms with van der Waals surface area (Å²) < 4.78 is 1.99. The lowest BCUT2D eigenvalue weighted by Gasteiger charge is -2.23. The molecular weight excluding hydrogens is 188 g/mol. The van der Waals surface area contributed by atoms with Gasteiger partial charge in [-0.3, -0.25) is 4.68 Å². The highest BCUT2D eigenvalue weighted by molar-refractivity contribution is 5.39. The lowest BCUT2D eigenvalue weighted by molar-refractivity contribution is 0.479. The maximum Gasteiger partial charge on any atom is 0.0728 e. The van der Waals surface area contributed by atoms with Crippen LogP contribution < -0.4 is 10.6 Å². The molecule has 0 aliphatic carbocycles. The Bertz CT molecular complexity index is 299. The molecule has 0 spiro atoms. The van der Waals surface area contributed by atoms with Crippen LogP contribution in [0.5, 0.6) is 0 Å². The normalized spacial score (nSPS) is 18.3. The lowest BCUT2D eigenvalue weighted by Crippen LogP contribution is -2.35. The minimum absolute atomic E-state index is 0.438. The molecule has 4 heteroatoms. The van der Waals surface area contributed by atoms with Crippen LogP contribution in [0.3, 0.4) is 0 Å². The Morgan fingerprint density at radius 2 is 2.20 bits per heavy atom. The Labute approximate surface area is 91.1 Å². The molecule has 1 aromatic heterocycles. The van der Waals surface area contributed by atoms with Crippen molar-refractivity contribution in [2.24, 2.45) is 0 Å². The molecule has 0 atom stereocenters. The van der Waals surface area contributed by atoms with E-state index in [9.17, 15) is 0 Å². The molecular formula is C11H20N4. The van der Waals surface area contributed by atoms with Gasteiger partial charge >= 0.3 is 0 Å². The van der Waals surface area contributed by atoms with Crippen LogP contribution in [-0.2, 0) is 0 Å². The standard InChI is InChI=1S/C11H20N4/c1-9(2)15-8-11(7-13-15)14-10-3-5-12-6-4-10/h7-10,12,14H,3-6H2,1-2H3. The smallest absolute Gasteiger partial charge is 0.0728 e. The van der Waals surface area contributed by atoms with Gasteiger partial charge in [-0.2, -0.15) is 5.10 Å². The zero-order valence-electron chi connectivity index (χ0n) is 9.53. The molecule has 2 rings (SSSR count). The van der Waals surface area contributed by atoms with Gasteiger partial charge in [0.1, 0.15) is 0 Å². The summed E-state index contributed by atoms with van der Waals surface area (Å²) in [6.07, 6.45) is 6.41. The van der Waals surface area contributed by atoms with Crippen LogP contribution in [0, 0.1) is 0 Å². The minimum Gasteiger partial charge on any atom is -0.380 e. The first-order valence-electron chi connectivity index (χ1n) is 5.77. The van der Waals surface area contributed by atoms with Crippen molar-refractivity contribution in [2.45, 2.75) is 38.8 Å². The van der Waals surface area contributed by atoms with Crippen molar-refractivity contribution < 1.29 is 0 Å². The van der Waals surface area contributed by atoms with E-state index in [0.717, 1.165) is 18.8 Å². The zero-order chi connectivity index (χ0) is 10.7. The number of rotatable bonds is 3. The van der Waals surface area contributed by atoms with Crippen molar-refractivity contribution in [3.63, 3.8) is 0 Å². The average Bonchev–Trinajstić information content (AvgIpc) is 2.68. The summed E-state index contributed by atoms with van der Waals surface area (Å²) in [5, 5.41) is 11.2. The topological polar surface area (TPSA) is 41.9 Å². The summed E-state index contributed by atoms with van der Waals surface area (Å²) in [6, 6.07) is 1.05. The van der Waals surface area contributed by atoms with Crippen LogP contribution in [0.1, 0.15) is 32.7 Å². The Kier molecular flexibility index (Phi) is 3.26. The zero-order valence-corrected chi connectivity index (χ0v) is 9.53. The van der Waals surface area contributed by atoms with Gasteiger partial charge in [0.25, 0.3) is 0 Å². The summed E-state index contributed by atoms with van der Waals surface area (Å²) in [6.45, 7) is 6.52. The predicted molar refractivity (Wildman–Crippen MR) is 62.1 cm³/mol. The third-order valence-electron chi connectivity index (χ3n) is 2.84. The molecule has 84 valence electrons. The Morgan fingerprint density at radius 3 is 2.80 bits per heavy atom. The second kappa shape index (κ2) is 4.66. The molecule has 0 radical (unpaired) electrons. The number of piperidine rings is 1. The second-order valence-corrected chi connectivity index (χ2v) is 4.47. The predicted octanol–water partition coefficient (Wildman–Crippen LogP) is 1.63. The van der Waals surface area contributed by atoms with E-state index in [0.29, 0.717) is 12.1 Å². The van der Waals surface area contributed by atoms with Gasteiger partial charge in [-0.25, -0.2) is 0 Å². The first kappa shape index (κ1) is 10.5. The number of aromatic nitrogens is 2. The summed E-state index contributed by atoms with van der Waals surface area (Å²) in [4.78, 5) is 0. The molecule has 1 aliphatic rings. The highest BCUT2D eigenvalue weighted by Crippen LogP contribution is 2.14. The molecule has 1 aliphatic heterocycles. The lowest BCUT2D eigenvalue weighted by atomic mass is 10.1. The Balaban J connectivity index is 1.91. The molecule has 4 nitrogen and oxygen atoms in total. The first-order chi connectivity index (χ1) is 7.25. The Hall–Kier alpha value is -1.03. The van der Waals surface area contributed by atoms with E-state index in [4.69, 9.17) is 0 Å². The van der Waals surface area contributed by atoms with Crippen molar-refractivity contribution in [3.05, 3.63) is 12.4 Å². The van der Waals surface area contributed by atoms with E-state index in [1.165, 1.54) is 12.8 Å². The van der Waals surface area contributed by atoms with Crippen LogP contribution in [0.4, 0.5) is 5.69 Å². The second-order valence-electron chi connectivity index (χ2n) is 4.47. The van der Waals surface area contributed by atoms with Gasteiger partial charge in [-0.1, -0.05) is 0 Å². The summed E-state index contributed by atoms with van der Waals surface area (Å²) in [5.41, 5.74) is 1.15. The molecule has 1 saturated heterocycles. The molecule has 0 unspecified atom stereocenters. The highest BCUT2D eigenvalue weighted by atomic mass is 15.3. The van der Waals surface area contributed by atoms with Crippen molar-refractivity contribution in [2.75, 3.05) is 18.4 Å². The average molecular weight is 208 g/mol. The van der Waals surface area contributed by atoms with Gasteiger partial charge in [0, 0.05) is 18.3 Å². The van der Waals surface area contributed by atoms with Crippen molar-refractivity contribution in [1.29, 1.82) is 0 Å². The fraction of sp³-hybridized carbons (Fsp3) is 0.727. The number of nitrogens with zero attached hydrogens (tertiary/aromatic N) is 2. The highest BCUT2D eigenvalue weighted by Gasteiger charge is 2.13. The van der Waals surface area contributed by atoms with Gasteiger partial charge in [0.2, 0.25) is 0 Å². The fourth-order valence-corrected chi connectivity index (χ4v) is 1.90. The first-order valence-corrected chi connectivity index (χ1v) is 5.77. The van der Waals surface area contributed by atoms with Crippen molar-refractivity contribution in [1.82, 2.24) is 15.1 Å². The molecule has 0 bridgehead atoms. The van der Waals surface area contributed by atoms with E-state index >= 15 is 0 Å². The summed E-state index contributed by atoms with van der Waals surface area (Å²) in [5.74, 6) is 0. The summed E-state index contributed by atoms with van der Waals surface area (Å²) in [7, 11) is 0. The number of nitrogens with one attached hydrogen (secondary N) is 2. The molecule has 0 saturated carbocycles. The van der Waals surface area contributed by atoms with Gasteiger partial charge in [-0.05, 0) is 39.8 Å². The molecule has 15 heavy (non-hydrogen) atoms. The van der Waals surface area contributed by atoms with Gasteiger partial charge in [0.05, 0.1) is 11.9 Å². The van der Waals surface area contributed by atoms with Gasteiger partial charge in [-0.15, -0.1) is 0 Å². The number of hydrogen-bond acceptors (Lipinski definition) is 3. The van der Waals surface area contributed by atoms with E-state index in [1.807, 2.05) is 10.9 Å². The van der Waals surface area contributed by atoms with Crippen LogP contribution in [0.2, 0.25) is 0 Å². The maximum atomic E-state index is 4.32. The van der Waals surface area contributed by atoms with Crippen molar-refractivity contribution >= 4 is 5.69 Å². The molecule has 0 aromatic carbocycles. The molecule has 2 heterocycles. The van der Waals surface area contributed by atoms with E-state index < -0.39 is 0 Å². The molecule has 2 N–H and O–H groups in total. The fourth-order valence-electron chi connectivity index (χ4n) is 1.90. The van der Waals surface area contributed by atoms with Crippen LogP contribution >= 0.6 is 0 Å². The van der Waals surface area contributed by atoms with Gasteiger partial charge < -0.3 is 10.6 Å². The van der Waals surface area contributed by atoms with Crippen LogP contribution in [0.25, 0.3) is 0 Å². The molecule has 1 aromatic rings. The minimum atomic E-state index is 0.438. The van der Waals surface area contributed by atoms with Crippen LogP contribution in [0.15, 0.2) is 12.4 Å². The monoisotopic (exact) mass is 208 g/mol. The maximum absolute atomic E-state index is 4.32.